The van der Waals surface area contributed by atoms with E-state index in [2.05, 4.69) is 10.3 Å². The molecule has 1 atom stereocenters. The van der Waals surface area contributed by atoms with E-state index in [1.165, 1.54) is 30.6 Å². The molecule has 1 unspecified atom stereocenters. The van der Waals surface area contributed by atoms with Gasteiger partial charge in [-0.15, -0.1) is 0 Å². The van der Waals surface area contributed by atoms with Gasteiger partial charge in [0.15, 0.2) is 0 Å². The molecule has 3 aromatic rings. The van der Waals surface area contributed by atoms with Gasteiger partial charge in [-0.1, -0.05) is 12.1 Å². The lowest BCUT2D eigenvalue weighted by Gasteiger charge is -2.27. The summed E-state index contributed by atoms with van der Waals surface area (Å²) in [6, 6.07) is 10.3. The first-order valence-electron chi connectivity index (χ1n) is 9.16. The maximum Gasteiger partial charge on any atom is 0.337 e. The Morgan fingerprint density at radius 2 is 2.07 bits per heavy atom. The monoisotopic (exact) mass is 396 g/mol. The number of rotatable bonds is 5. The van der Waals surface area contributed by atoms with Crippen molar-refractivity contribution in [2.75, 3.05) is 18.5 Å². The number of anilines is 1. The summed E-state index contributed by atoms with van der Waals surface area (Å²) >= 11 is 0. The molecule has 148 valence electrons. The summed E-state index contributed by atoms with van der Waals surface area (Å²) in [5.74, 6) is -1.53. The van der Waals surface area contributed by atoms with Crippen LogP contribution in [0, 0.1) is 11.6 Å². The Morgan fingerprint density at radius 1 is 1.21 bits per heavy atom. The minimum atomic E-state index is -1.02. The molecule has 0 amide bonds. The van der Waals surface area contributed by atoms with E-state index in [1.807, 2.05) is 6.07 Å². The van der Waals surface area contributed by atoms with Gasteiger partial charge in [0.05, 0.1) is 24.1 Å². The van der Waals surface area contributed by atoms with E-state index in [1.54, 1.807) is 12.1 Å². The minimum absolute atomic E-state index is 0.0905. The molecule has 1 aliphatic rings. The van der Waals surface area contributed by atoms with Gasteiger partial charge in [0.2, 0.25) is 0 Å². The average Bonchev–Trinajstić information content (AvgIpc) is 2.72. The van der Waals surface area contributed by atoms with E-state index in [0.29, 0.717) is 35.7 Å². The van der Waals surface area contributed by atoms with Gasteiger partial charge < -0.3 is 15.2 Å². The minimum Gasteiger partial charge on any atom is -0.493 e. The summed E-state index contributed by atoms with van der Waals surface area (Å²) in [5, 5.41) is 12.5. The van der Waals surface area contributed by atoms with E-state index in [0.717, 1.165) is 18.1 Å². The average molecular weight is 396 g/mol. The quantitative estimate of drug-likeness (QED) is 0.654. The fourth-order valence-corrected chi connectivity index (χ4v) is 3.52. The lowest BCUT2D eigenvalue weighted by molar-refractivity contribution is 0.0697. The molecule has 2 N–H and O–H groups in total. The summed E-state index contributed by atoms with van der Waals surface area (Å²) in [5.41, 5.74) is 2.48. The molecule has 0 fully saturated rings. The molecular weight excluding hydrogens is 378 g/mol. The van der Waals surface area contributed by atoms with Crippen LogP contribution in [0.1, 0.15) is 28.3 Å². The number of carbonyl (C=O) groups is 1. The SMILES string of the molecule is O=C(O)c1ccncc1NCC1CCOc2cc(-c3ccc(F)cc3F)ccc21. The second-order valence-electron chi connectivity index (χ2n) is 6.82. The van der Waals surface area contributed by atoms with E-state index in [4.69, 9.17) is 4.74 Å². The number of fused-ring (bicyclic) bond motifs is 1. The first-order valence-corrected chi connectivity index (χ1v) is 9.16. The maximum atomic E-state index is 14.1. The van der Waals surface area contributed by atoms with Crippen LogP contribution in [-0.4, -0.2) is 29.2 Å². The van der Waals surface area contributed by atoms with Crippen molar-refractivity contribution < 1.29 is 23.4 Å². The molecule has 0 saturated carbocycles. The predicted molar refractivity (Wildman–Crippen MR) is 104 cm³/mol. The molecular formula is C22H18F2N2O3. The Labute approximate surface area is 166 Å². The summed E-state index contributed by atoms with van der Waals surface area (Å²) in [6.45, 7) is 1.00. The van der Waals surface area contributed by atoms with Crippen LogP contribution in [0.2, 0.25) is 0 Å². The van der Waals surface area contributed by atoms with Crippen LogP contribution in [0.5, 0.6) is 5.75 Å². The van der Waals surface area contributed by atoms with Crippen molar-refractivity contribution in [3.8, 4) is 16.9 Å². The summed E-state index contributed by atoms with van der Waals surface area (Å²) in [7, 11) is 0. The molecule has 5 nitrogen and oxygen atoms in total. The van der Waals surface area contributed by atoms with Crippen molar-refractivity contribution in [1.82, 2.24) is 4.98 Å². The molecule has 4 rings (SSSR count). The van der Waals surface area contributed by atoms with Crippen LogP contribution in [-0.2, 0) is 0 Å². The van der Waals surface area contributed by atoms with Crippen LogP contribution in [0.3, 0.4) is 0 Å². The first kappa shape index (κ1) is 18.9. The Kier molecular flexibility index (Phi) is 5.12. The van der Waals surface area contributed by atoms with E-state index < -0.39 is 17.6 Å². The van der Waals surface area contributed by atoms with Gasteiger partial charge in [-0.3, -0.25) is 4.98 Å². The molecule has 1 aliphatic heterocycles. The molecule has 0 bridgehead atoms. The number of halogens is 2. The third-order valence-corrected chi connectivity index (χ3v) is 5.01. The van der Waals surface area contributed by atoms with E-state index in [-0.39, 0.29) is 11.5 Å². The fourth-order valence-electron chi connectivity index (χ4n) is 3.52. The molecule has 0 radical (unpaired) electrons. The smallest absolute Gasteiger partial charge is 0.337 e. The van der Waals surface area contributed by atoms with Gasteiger partial charge in [-0.05, 0) is 41.8 Å². The zero-order valence-electron chi connectivity index (χ0n) is 15.4. The Morgan fingerprint density at radius 3 is 2.86 bits per heavy atom. The van der Waals surface area contributed by atoms with Crippen LogP contribution in [0.4, 0.5) is 14.5 Å². The molecule has 0 aliphatic carbocycles. The number of carboxylic acid groups (broad SMARTS) is 1. The molecule has 0 saturated heterocycles. The Balaban J connectivity index is 1.57. The lowest BCUT2D eigenvalue weighted by Crippen LogP contribution is -2.21. The zero-order chi connectivity index (χ0) is 20.4. The van der Waals surface area contributed by atoms with Crippen LogP contribution in [0.25, 0.3) is 11.1 Å². The normalized spacial score (nSPS) is 15.3. The highest BCUT2D eigenvalue weighted by atomic mass is 19.1. The summed E-state index contributed by atoms with van der Waals surface area (Å²) in [6.07, 6.45) is 3.69. The molecule has 7 heteroatoms. The third kappa shape index (κ3) is 3.89. The van der Waals surface area contributed by atoms with Crippen molar-refractivity contribution in [1.29, 1.82) is 0 Å². The van der Waals surface area contributed by atoms with Crippen LogP contribution < -0.4 is 10.1 Å². The molecule has 29 heavy (non-hydrogen) atoms. The summed E-state index contributed by atoms with van der Waals surface area (Å²) < 4.78 is 33.1. The van der Waals surface area contributed by atoms with Gasteiger partial charge in [0, 0.05) is 30.3 Å². The number of aromatic nitrogens is 1. The molecule has 0 spiro atoms. The highest BCUT2D eigenvalue weighted by Crippen LogP contribution is 2.37. The van der Waals surface area contributed by atoms with Crippen molar-refractivity contribution in [2.24, 2.45) is 0 Å². The number of nitrogens with zero attached hydrogens (tertiary/aromatic N) is 1. The zero-order valence-corrected chi connectivity index (χ0v) is 15.4. The van der Waals surface area contributed by atoms with E-state index >= 15 is 0 Å². The van der Waals surface area contributed by atoms with Gasteiger partial charge in [0.1, 0.15) is 17.4 Å². The summed E-state index contributed by atoms with van der Waals surface area (Å²) in [4.78, 5) is 15.3. The van der Waals surface area contributed by atoms with E-state index in [9.17, 15) is 18.7 Å². The second-order valence-corrected chi connectivity index (χ2v) is 6.82. The first-order chi connectivity index (χ1) is 14.0. The third-order valence-electron chi connectivity index (χ3n) is 5.01. The predicted octanol–water partition coefficient (Wildman–Crippen LogP) is 4.70. The number of ether oxygens (including phenoxy) is 1. The van der Waals surface area contributed by atoms with Crippen molar-refractivity contribution in [3.63, 3.8) is 0 Å². The van der Waals surface area contributed by atoms with Gasteiger partial charge in [-0.2, -0.15) is 0 Å². The van der Waals surface area contributed by atoms with Crippen LogP contribution in [0.15, 0.2) is 54.9 Å². The number of pyridine rings is 1. The fraction of sp³-hybridized carbons (Fsp3) is 0.182. The number of nitrogens with one attached hydrogen (secondary N) is 1. The topological polar surface area (TPSA) is 71.5 Å². The van der Waals surface area contributed by atoms with Crippen LogP contribution >= 0.6 is 0 Å². The lowest BCUT2D eigenvalue weighted by atomic mass is 9.91. The maximum absolute atomic E-state index is 14.1. The van der Waals surface area contributed by atoms with Crippen molar-refractivity contribution in [2.45, 2.75) is 12.3 Å². The number of hydrogen-bond donors (Lipinski definition) is 2. The highest BCUT2D eigenvalue weighted by molar-refractivity contribution is 5.93. The van der Waals surface area contributed by atoms with Gasteiger partial charge in [0.25, 0.3) is 0 Å². The van der Waals surface area contributed by atoms with Crippen molar-refractivity contribution in [3.05, 3.63) is 77.6 Å². The number of hydrogen-bond acceptors (Lipinski definition) is 4. The number of carboxylic acids is 1. The molecule has 2 heterocycles. The number of aromatic carboxylic acids is 1. The standard InChI is InChI=1S/C22H18F2N2O3/c23-15-2-4-16(19(24)10-15)13-1-3-17-14(6-8-29-21(17)9-13)11-26-20-12-25-7-5-18(20)22(27)28/h1-5,7,9-10,12,14,26H,6,8,11H2,(H,27,28). The van der Waals surface area contributed by atoms with Gasteiger partial charge in [-0.25, -0.2) is 13.6 Å². The number of benzene rings is 2. The Hall–Kier alpha value is -3.48. The molecule has 2 aromatic carbocycles. The highest BCUT2D eigenvalue weighted by Gasteiger charge is 2.23. The molecule has 1 aromatic heterocycles. The largest absolute Gasteiger partial charge is 0.493 e. The second kappa shape index (κ2) is 7.87. The Bertz CT molecular complexity index is 1070. The van der Waals surface area contributed by atoms with Crippen molar-refractivity contribution >= 4 is 11.7 Å². The van der Waals surface area contributed by atoms with Gasteiger partial charge >= 0.3 is 5.97 Å².